The van der Waals surface area contributed by atoms with E-state index in [0.29, 0.717) is 12.0 Å². The summed E-state index contributed by atoms with van der Waals surface area (Å²) in [5.74, 6) is -0.253. The fourth-order valence-corrected chi connectivity index (χ4v) is 3.02. The predicted molar refractivity (Wildman–Crippen MR) is 70.5 cm³/mol. The summed E-state index contributed by atoms with van der Waals surface area (Å²) in [5.41, 5.74) is 5.38. The first-order valence-corrected chi connectivity index (χ1v) is 7.20. The molecule has 0 saturated carbocycles. The van der Waals surface area contributed by atoms with E-state index >= 15 is 0 Å². The zero-order valence-corrected chi connectivity index (χ0v) is 11.3. The number of phenols is 1. The van der Waals surface area contributed by atoms with Crippen molar-refractivity contribution in [1.82, 2.24) is 0 Å². The van der Waals surface area contributed by atoms with Gasteiger partial charge in [0.2, 0.25) is 0 Å². The number of fused-ring (bicyclic) bond motifs is 1. The summed E-state index contributed by atoms with van der Waals surface area (Å²) in [7, 11) is -4.58. The number of nitrogens with two attached hydrogens (primary N) is 1. The number of anilines is 1. The summed E-state index contributed by atoms with van der Waals surface area (Å²) in [6.07, 6.45) is 0. The van der Waals surface area contributed by atoms with Gasteiger partial charge in [0.25, 0.3) is 10.1 Å². The van der Waals surface area contributed by atoms with E-state index in [2.05, 4.69) is 9.37 Å². The summed E-state index contributed by atoms with van der Waals surface area (Å²) in [5, 5.41) is 21.5. The van der Waals surface area contributed by atoms with Crippen LogP contribution in [0.1, 0.15) is 0 Å². The molecule has 0 saturated heterocycles. The molecule has 0 aliphatic carbocycles. The topological polar surface area (TPSA) is 139 Å². The van der Waals surface area contributed by atoms with Crippen molar-refractivity contribution in [3.8, 4) is 5.75 Å². The zero-order chi connectivity index (χ0) is 14.9. The normalized spacial score (nSPS) is 11.9. The number of rotatable bonds is 4. The third kappa shape index (κ3) is 2.80. The molecule has 0 aliphatic heterocycles. The van der Waals surface area contributed by atoms with Crippen molar-refractivity contribution in [3.63, 3.8) is 0 Å². The van der Waals surface area contributed by atoms with Gasteiger partial charge in [0.15, 0.2) is 0 Å². The fraction of sp³-hybridized carbons (Fsp3) is 0. The van der Waals surface area contributed by atoms with Crippen molar-refractivity contribution in [2.24, 2.45) is 0 Å². The Hall–Kier alpha value is -1.56. The molecule has 0 radical (unpaired) electrons. The SMILES string of the molecule is Nc1ccc2c(O)cc(SOOO)cc2c1S(=O)(=O)O. The third-order valence-electron chi connectivity index (χ3n) is 2.49. The molecule has 0 amide bonds. The molecule has 0 fully saturated rings. The zero-order valence-electron chi connectivity index (χ0n) is 9.68. The van der Waals surface area contributed by atoms with E-state index in [1.165, 1.54) is 24.3 Å². The molecule has 10 heteroatoms. The van der Waals surface area contributed by atoms with Crippen molar-refractivity contribution in [2.45, 2.75) is 9.79 Å². The lowest BCUT2D eigenvalue weighted by atomic mass is 10.1. The largest absolute Gasteiger partial charge is 0.507 e. The van der Waals surface area contributed by atoms with E-state index in [0.717, 1.165) is 0 Å². The van der Waals surface area contributed by atoms with Crippen LogP contribution >= 0.6 is 12.0 Å². The minimum atomic E-state index is -4.58. The number of phenolic OH excluding ortho intramolecular Hbond substituents is 1. The van der Waals surface area contributed by atoms with E-state index in [1.807, 2.05) is 0 Å². The highest BCUT2D eigenvalue weighted by Gasteiger charge is 2.20. The number of nitrogen functional groups attached to an aromatic ring is 1. The molecule has 8 nitrogen and oxygen atoms in total. The Bertz CT molecular complexity index is 760. The Morgan fingerprint density at radius 2 is 1.90 bits per heavy atom. The van der Waals surface area contributed by atoms with Crippen molar-refractivity contribution in [2.75, 3.05) is 5.73 Å². The second-order valence-corrected chi connectivity index (χ2v) is 5.85. The van der Waals surface area contributed by atoms with Gasteiger partial charge in [0.05, 0.1) is 17.7 Å². The fourth-order valence-electron chi connectivity index (χ4n) is 1.77. The Balaban J connectivity index is 2.78. The molecule has 0 aliphatic rings. The molecule has 0 aromatic heterocycles. The van der Waals surface area contributed by atoms with Gasteiger partial charge in [-0.25, -0.2) is 5.26 Å². The molecule has 0 heterocycles. The van der Waals surface area contributed by atoms with Gasteiger partial charge < -0.3 is 10.8 Å². The number of aromatic hydroxyl groups is 1. The Labute approximate surface area is 117 Å². The molecule has 0 bridgehead atoms. The maximum atomic E-state index is 11.4. The van der Waals surface area contributed by atoms with Gasteiger partial charge in [-0.2, -0.15) is 8.42 Å². The van der Waals surface area contributed by atoms with Crippen LogP contribution in [0.15, 0.2) is 34.1 Å². The molecule has 0 unspecified atom stereocenters. The van der Waals surface area contributed by atoms with Gasteiger partial charge in [-0.1, -0.05) is 5.04 Å². The molecule has 0 spiro atoms. The molecule has 2 aromatic carbocycles. The van der Waals surface area contributed by atoms with Crippen molar-refractivity contribution < 1.29 is 32.7 Å². The van der Waals surface area contributed by atoms with E-state index < -0.39 is 15.0 Å². The molecular weight excluding hydrogens is 310 g/mol. The maximum Gasteiger partial charge on any atom is 0.297 e. The van der Waals surface area contributed by atoms with Crippen molar-refractivity contribution >= 4 is 38.6 Å². The van der Waals surface area contributed by atoms with Crippen molar-refractivity contribution in [1.29, 1.82) is 0 Å². The monoisotopic (exact) mass is 319 g/mol. The van der Waals surface area contributed by atoms with Gasteiger partial charge in [-0.3, -0.25) is 4.55 Å². The Kier molecular flexibility index (Phi) is 4.04. The molecular formula is C10H9NO7S2. The lowest BCUT2D eigenvalue weighted by Gasteiger charge is -2.10. The van der Waals surface area contributed by atoms with E-state index in [-0.39, 0.29) is 27.1 Å². The maximum absolute atomic E-state index is 11.4. The molecule has 2 aromatic rings. The van der Waals surface area contributed by atoms with Gasteiger partial charge >= 0.3 is 0 Å². The first-order chi connectivity index (χ1) is 9.34. The second-order valence-electron chi connectivity index (χ2n) is 3.72. The van der Waals surface area contributed by atoms with Crippen LogP contribution in [0.3, 0.4) is 0 Å². The lowest BCUT2D eigenvalue weighted by molar-refractivity contribution is -0.432. The van der Waals surface area contributed by atoms with Crippen LogP contribution in [0.5, 0.6) is 5.75 Å². The number of benzene rings is 2. The Morgan fingerprint density at radius 3 is 2.50 bits per heavy atom. The molecule has 0 atom stereocenters. The highest BCUT2D eigenvalue weighted by atomic mass is 32.2. The standard InChI is InChI=1S/C10H9NO7S2/c11-8-2-1-6-7(10(8)20(14,15)16)3-5(4-9(6)12)19-18-17-13/h1-4,12-13H,11H2,(H,14,15,16). The summed E-state index contributed by atoms with van der Waals surface area (Å²) >= 11 is 0.525. The summed E-state index contributed by atoms with van der Waals surface area (Å²) < 4.78 is 36.2. The van der Waals surface area contributed by atoms with Crippen LogP contribution < -0.4 is 5.73 Å². The third-order valence-corrected chi connectivity index (χ3v) is 4.02. The van der Waals surface area contributed by atoms with Crippen LogP contribution in [0.25, 0.3) is 10.8 Å². The second kappa shape index (κ2) is 5.44. The first kappa shape index (κ1) is 14.8. The average molecular weight is 319 g/mol. The smallest absolute Gasteiger partial charge is 0.297 e. The highest BCUT2D eigenvalue weighted by molar-refractivity contribution is 7.94. The summed E-state index contributed by atoms with van der Waals surface area (Å²) in [6.45, 7) is 0. The minimum absolute atomic E-state index is 0.0107. The van der Waals surface area contributed by atoms with Gasteiger partial charge in [-0.15, -0.1) is 4.33 Å². The van der Waals surface area contributed by atoms with Gasteiger partial charge in [0.1, 0.15) is 10.6 Å². The van der Waals surface area contributed by atoms with Crippen LogP contribution in [0.2, 0.25) is 0 Å². The molecule has 20 heavy (non-hydrogen) atoms. The first-order valence-electron chi connectivity index (χ1n) is 5.02. The predicted octanol–water partition coefficient (Wildman–Crippen LogP) is 1.80. The average Bonchev–Trinajstić information content (AvgIpc) is 2.34. The highest BCUT2D eigenvalue weighted by Crippen LogP contribution is 2.37. The van der Waals surface area contributed by atoms with Crippen LogP contribution in [0, 0.1) is 0 Å². The van der Waals surface area contributed by atoms with E-state index in [9.17, 15) is 18.1 Å². The van der Waals surface area contributed by atoms with E-state index in [4.69, 9.17) is 11.0 Å². The molecule has 5 N–H and O–H groups in total. The minimum Gasteiger partial charge on any atom is -0.507 e. The molecule has 108 valence electrons. The van der Waals surface area contributed by atoms with Crippen LogP contribution in [-0.4, -0.2) is 23.3 Å². The van der Waals surface area contributed by atoms with Crippen LogP contribution in [0.4, 0.5) is 5.69 Å². The molecule has 2 rings (SSSR count). The summed E-state index contributed by atoms with van der Waals surface area (Å²) in [6, 6.07) is 5.23. The quantitative estimate of drug-likeness (QED) is 0.218. The Morgan fingerprint density at radius 1 is 1.20 bits per heavy atom. The van der Waals surface area contributed by atoms with E-state index in [1.54, 1.807) is 0 Å². The lowest BCUT2D eigenvalue weighted by Crippen LogP contribution is -2.04. The van der Waals surface area contributed by atoms with Crippen molar-refractivity contribution in [3.05, 3.63) is 24.3 Å². The number of hydrogen-bond acceptors (Lipinski definition) is 8. The van der Waals surface area contributed by atoms with Gasteiger partial charge in [-0.05, 0) is 24.3 Å². The summed E-state index contributed by atoms with van der Waals surface area (Å²) in [4.78, 5) is -0.294. The van der Waals surface area contributed by atoms with Gasteiger partial charge in [0, 0.05) is 15.7 Å². The van der Waals surface area contributed by atoms with Crippen LogP contribution in [-0.2, 0) is 19.5 Å². The number of hydrogen-bond donors (Lipinski definition) is 4.